The molecular formula is C19H13ClN2O5S2. The average Bonchev–Trinajstić information content (AvgIpc) is 2.96. The maximum absolute atomic E-state index is 12.8. The number of amides is 1. The fraction of sp³-hybridized carbons (Fsp3) is 0.105. The molecular weight excluding hydrogens is 436 g/mol. The highest BCUT2D eigenvalue weighted by atomic mass is 35.5. The van der Waals surface area contributed by atoms with E-state index in [0.29, 0.717) is 26.0 Å². The van der Waals surface area contributed by atoms with Crippen molar-refractivity contribution in [1.29, 1.82) is 0 Å². The van der Waals surface area contributed by atoms with Gasteiger partial charge in [-0.1, -0.05) is 41.6 Å². The number of benzene rings is 2. The molecule has 0 spiro atoms. The molecule has 0 radical (unpaired) electrons. The number of carbonyl (C=O) groups is 2. The van der Waals surface area contributed by atoms with E-state index in [4.69, 9.17) is 28.6 Å². The molecule has 1 aliphatic heterocycles. The summed E-state index contributed by atoms with van der Waals surface area (Å²) in [5.41, 5.74) is 1.08. The summed E-state index contributed by atoms with van der Waals surface area (Å²) in [6, 6.07) is 10.6. The second-order valence-corrected chi connectivity index (χ2v) is 7.84. The fourth-order valence-electron chi connectivity index (χ4n) is 2.56. The third-order valence-electron chi connectivity index (χ3n) is 3.90. The molecule has 1 fully saturated rings. The molecule has 7 nitrogen and oxygen atoms in total. The predicted molar refractivity (Wildman–Crippen MR) is 116 cm³/mol. The van der Waals surface area contributed by atoms with Crippen molar-refractivity contribution in [1.82, 2.24) is 0 Å². The number of anilines is 1. The molecule has 29 heavy (non-hydrogen) atoms. The number of hydrogen-bond acceptors (Lipinski definition) is 7. The monoisotopic (exact) mass is 448 g/mol. The summed E-state index contributed by atoms with van der Waals surface area (Å²) >= 11 is 12.2. The summed E-state index contributed by atoms with van der Waals surface area (Å²) in [5, 5.41) is 11.1. The number of nitro benzene ring substituents is 1. The Morgan fingerprint density at radius 2 is 2.00 bits per heavy atom. The molecule has 148 valence electrons. The first-order valence-electron chi connectivity index (χ1n) is 8.31. The van der Waals surface area contributed by atoms with E-state index in [1.54, 1.807) is 37.3 Å². The van der Waals surface area contributed by atoms with Crippen molar-refractivity contribution in [3.05, 3.63) is 73.6 Å². The van der Waals surface area contributed by atoms with Gasteiger partial charge in [0.05, 0.1) is 27.7 Å². The zero-order chi connectivity index (χ0) is 21.1. The summed E-state index contributed by atoms with van der Waals surface area (Å²) in [7, 11) is 0. The molecule has 3 rings (SSSR count). The molecule has 1 heterocycles. The molecule has 2 aromatic rings. The van der Waals surface area contributed by atoms with Gasteiger partial charge >= 0.3 is 5.97 Å². The van der Waals surface area contributed by atoms with Gasteiger partial charge in [-0.15, -0.1) is 0 Å². The van der Waals surface area contributed by atoms with E-state index in [2.05, 4.69) is 0 Å². The number of thioether (sulfide) groups is 1. The van der Waals surface area contributed by atoms with Crippen molar-refractivity contribution in [2.24, 2.45) is 0 Å². The van der Waals surface area contributed by atoms with Gasteiger partial charge in [0.15, 0.2) is 4.32 Å². The number of ether oxygens (including phenoxy) is 1. The van der Waals surface area contributed by atoms with Gasteiger partial charge in [0.1, 0.15) is 5.02 Å². The van der Waals surface area contributed by atoms with Gasteiger partial charge in [0.2, 0.25) is 0 Å². The molecule has 1 aliphatic rings. The van der Waals surface area contributed by atoms with Crippen LogP contribution < -0.4 is 4.90 Å². The number of halogens is 1. The van der Waals surface area contributed by atoms with E-state index >= 15 is 0 Å². The van der Waals surface area contributed by atoms with E-state index in [-0.39, 0.29) is 23.2 Å². The van der Waals surface area contributed by atoms with Crippen LogP contribution in [-0.4, -0.2) is 27.7 Å². The minimum atomic E-state index is -0.587. The third-order valence-corrected chi connectivity index (χ3v) is 5.52. The van der Waals surface area contributed by atoms with Crippen LogP contribution in [0.3, 0.4) is 0 Å². The van der Waals surface area contributed by atoms with E-state index in [1.807, 2.05) is 0 Å². The van der Waals surface area contributed by atoms with Gasteiger partial charge in [-0.2, -0.15) is 0 Å². The molecule has 0 bridgehead atoms. The van der Waals surface area contributed by atoms with Crippen molar-refractivity contribution in [3.8, 4) is 0 Å². The molecule has 0 saturated carbocycles. The molecule has 1 saturated heterocycles. The van der Waals surface area contributed by atoms with Crippen LogP contribution in [0, 0.1) is 10.1 Å². The average molecular weight is 449 g/mol. The number of carbonyl (C=O) groups excluding carboxylic acids is 2. The lowest BCUT2D eigenvalue weighted by molar-refractivity contribution is -0.384. The zero-order valence-electron chi connectivity index (χ0n) is 15.0. The topological polar surface area (TPSA) is 89.8 Å². The van der Waals surface area contributed by atoms with Crippen molar-refractivity contribution in [2.45, 2.75) is 6.92 Å². The second-order valence-electron chi connectivity index (χ2n) is 5.75. The predicted octanol–water partition coefficient (Wildman–Crippen LogP) is 4.83. The van der Waals surface area contributed by atoms with Crippen molar-refractivity contribution < 1.29 is 19.2 Å². The van der Waals surface area contributed by atoms with Crippen molar-refractivity contribution in [3.63, 3.8) is 0 Å². The Labute approximate surface area is 180 Å². The Morgan fingerprint density at radius 3 is 2.62 bits per heavy atom. The normalized spacial score (nSPS) is 15.1. The Hall–Kier alpha value is -2.75. The SMILES string of the molecule is CCOC(=O)c1ccc(N2C(=O)/C(=C/c3ccc(Cl)c([N+](=O)[O-])c3)SC2=S)cc1. The highest BCUT2D eigenvalue weighted by molar-refractivity contribution is 8.27. The zero-order valence-corrected chi connectivity index (χ0v) is 17.3. The second kappa shape index (κ2) is 8.73. The van der Waals surface area contributed by atoms with Crippen molar-refractivity contribution >= 4 is 69.2 Å². The highest BCUT2D eigenvalue weighted by Crippen LogP contribution is 2.37. The molecule has 2 aromatic carbocycles. The summed E-state index contributed by atoms with van der Waals surface area (Å²) in [6.45, 7) is 1.98. The number of nitrogens with zero attached hydrogens (tertiary/aromatic N) is 2. The summed E-state index contributed by atoms with van der Waals surface area (Å²) < 4.78 is 5.25. The fourth-order valence-corrected chi connectivity index (χ4v) is 4.05. The number of rotatable bonds is 5. The number of hydrogen-bond donors (Lipinski definition) is 0. The molecule has 0 atom stereocenters. The van der Waals surface area contributed by atoms with Crippen LogP contribution in [0.1, 0.15) is 22.8 Å². The van der Waals surface area contributed by atoms with Crippen LogP contribution in [0.15, 0.2) is 47.4 Å². The molecule has 0 unspecified atom stereocenters. The van der Waals surface area contributed by atoms with E-state index in [9.17, 15) is 19.7 Å². The van der Waals surface area contributed by atoms with E-state index in [0.717, 1.165) is 11.8 Å². The van der Waals surface area contributed by atoms with Gasteiger partial charge in [-0.25, -0.2) is 4.79 Å². The van der Waals surface area contributed by atoms with Crippen LogP contribution in [0.4, 0.5) is 11.4 Å². The Balaban J connectivity index is 1.86. The van der Waals surface area contributed by atoms with Crippen LogP contribution in [-0.2, 0) is 9.53 Å². The van der Waals surface area contributed by atoms with E-state index in [1.165, 1.54) is 23.1 Å². The first-order chi connectivity index (χ1) is 13.8. The Kier molecular flexibility index (Phi) is 6.31. The van der Waals surface area contributed by atoms with Crippen molar-refractivity contribution in [2.75, 3.05) is 11.5 Å². The lowest BCUT2D eigenvalue weighted by Crippen LogP contribution is -2.27. The van der Waals surface area contributed by atoms with Crippen LogP contribution in [0.2, 0.25) is 5.02 Å². The number of nitro groups is 1. The largest absolute Gasteiger partial charge is 0.462 e. The minimum absolute atomic E-state index is 0.0152. The number of thiocarbonyl (C=S) groups is 1. The molecule has 1 amide bonds. The van der Waals surface area contributed by atoms with Gasteiger partial charge in [-0.05, 0) is 48.9 Å². The summed E-state index contributed by atoms with van der Waals surface area (Å²) in [4.78, 5) is 36.7. The molecule has 0 aliphatic carbocycles. The Bertz CT molecular complexity index is 1050. The molecule has 0 aromatic heterocycles. The van der Waals surface area contributed by atoms with Gasteiger partial charge in [-0.3, -0.25) is 19.8 Å². The first kappa shape index (κ1) is 21.0. The van der Waals surface area contributed by atoms with Crippen LogP contribution >= 0.6 is 35.6 Å². The van der Waals surface area contributed by atoms with Crippen LogP contribution in [0.5, 0.6) is 0 Å². The first-order valence-corrected chi connectivity index (χ1v) is 9.91. The lowest BCUT2D eigenvalue weighted by Gasteiger charge is -2.14. The van der Waals surface area contributed by atoms with Gasteiger partial charge in [0, 0.05) is 6.07 Å². The smallest absolute Gasteiger partial charge is 0.338 e. The maximum Gasteiger partial charge on any atom is 0.338 e. The van der Waals surface area contributed by atoms with Gasteiger partial charge in [0.25, 0.3) is 11.6 Å². The van der Waals surface area contributed by atoms with Crippen LogP contribution in [0.25, 0.3) is 6.08 Å². The number of esters is 1. The molecule has 10 heteroatoms. The highest BCUT2D eigenvalue weighted by Gasteiger charge is 2.33. The van der Waals surface area contributed by atoms with E-state index < -0.39 is 10.9 Å². The quantitative estimate of drug-likeness (QED) is 0.213. The third kappa shape index (κ3) is 4.47. The maximum atomic E-state index is 12.8. The lowest BCUT2D eigenvalue weighted by atomic mass is 10.1. The summed E-state index contributed by atoms with van der Waals surface area (Å²) in [5.74, 6) is -0.810. The summed E-state index contributed by atoms with van der Waals surface area (Å²) in [6.07, 6.45) is 1.52. The minimum Gasteiger partial charge on any atom is -0.462 e. The van der Waals surface area contributed by atoms with Gasteiger partial charge < -0.3 is 4.74 Å². The molecule has 0 N–H and O–H groups in total. The Morgan fingerprint density at radius 1 is 1.31 bits per heavy atom. The standard InChI is InChI=1S/C19H13ClN2O5S2/c1-2-27-18(24)12-4-6-13(7-5-12)21-17(23)16(29-19(21)28)10-11-3-8-14(20)15(9-11)22(25)26/h3-10H,2H2,1H3/b16-10-.